The number of ether oxygens (including phenoxy) is 1. The molecule has 110 valence electrons. The fourth-order valence-electron chi connectivity index (χ4n) is 2.18. The Labute approximate surface area is 122 Å². The van der Waals surface area contributed by atoms with Crippen molar-refractivity contribution in [3.63, 3.8) is 0 Å². The van der Waals surface area contributed by atoms with Crippen LogP contribution >= 0.6 is 0 Å². The van der Waals surface area contributed by atoms with Crippen LogP contribution in [0.25, 0.3) is 0 Å². The minimum atomic E-state index is -1.08. The maximum absolute atomic E-state index is 12.0. The van der Waals surface area contributed by atoms with Crippen LogP contribution in [0.15, 0.2) is 24.3 Å². The topological polar surface area (TPSA) is 99.4 Å². The molecule has 1 aromatic carbocycles. The molecule has 0 spiro atoms. The Hall–Kier alpha value is -2.39. The summed E-state index contributed by atoms with van der Waals surface area (Å²) >= 11 is 0. The number of benzene rings is 1. The molecule has 2 atom stereocenters. The number of carbonyl (C=O) groups is 2. The molecule has 1 aliphatic rings. The molecular formula is C15H16N2O4. The largest absolute Gasteiger partial charge is 0.480 e. The molecule has 0 aromatic heterocycles. The Kier molecular flexibility index (Phi) is 4.90. The minimum absolute atomic E-state index is 0.181. The lowest BCUT2D eigenvalue weighted by molar-refractivity contribution is -0.142. The number of nitriles is 1. The minimum Gasteiger partial charge on any atom is -0.480 e. The number of carboxylic acid groups (broad SMARTS) is 1. The van der Waals surface area contributed by atoms with Crippen LogP contribution in [-0.2, 0) is 20.7 Å². The molecule has 0 saturated carbocycles. The fraction of sp³-hybridized carbons (Fsp3) is 0.400. The van der Waals surface area contributed by atoms with Crippen LogP contribution in [0.2, 0.25) is 0 Å². The third kappa shape index (κ3) is 4.04. The summed E-state index contributed by atoms with van der Waals surface area (Å²) in [5.74, 6) is -1.63. The highest BCUT2D eigenvalue weighted by molar-refractivity contribution is 5.85. The molecule has 0 bridgehead atoms. The Balaban J connectivity index is 1.99. The van der Waals surface area contributed by atoms with Crippen molar-refractivity contribution < 1.29 is 19.4 Å². The molecule has 0 radical (unpaired) electrons. The summed E-state index contributed by atoms with van der Waals surface area (Å²) in [6.07, 6.45) is 0.801. The lowest BCUT2D eigenvalue weighted by Crippen LogP contribution is -2.45. The van der Waals surface area contributed by atoms with E-state index in [1.165, 1.54) is 0 Å². The van der Waals surface area contributed by atoms with Gasteiger partial charge >= 0.3 is 5.97 Å². The van der Waals surface area contributed by atoms with E-state index in [1.54, 1.807) is 24.3 Å². The molecule has 0 aliphatic carbocycles. The van der Waals surface area contributed by atoms with Gasteiger partial charge in [-0.05, 0) is 24.1 Å². The lowest BCUT2D eigenvalue weighted by atomic mass is 10.0. The molecule has 1 aliphatic heterocycles. The van der Waals surface area contributed by atoms with Gasteiger partial charge in [0.05, 0.1) is 24.2 Å². The van der Waals surface area contributed by atoms with Gasteiger partial charge in [0.15, 0.2) is 0 Å². The zero-order valence-electron chi connectivity index (χ0n) is 11.4. The zero-order valence-corrected chi connectivity index (χ0v) is 11.4. The molecule has 1 aromatic rings. The molecule has 2 N–H and O–H groups in total. The number of amides is 1. The van der Waals surface area contributed by atoms with Crippen molar-refractivity contribution in [1.82, 2.24) is 5.32 Å². The highest BCUT2D eigenvalue weighted by atomic mass is 16.5. The van der Waals surface area contributed by atoms with E-state index in [2.05, 4.69) is 5.32 Å². The van der Waals surface area contributed by atoms with E-state index in [-0.39, 0.29) is 18.2 Å². The maximum Gasteiger partial charge on any atom is 0.326 e. The first kappa shape index (κ1) is 15.0. The average Bonchev–Trinajstić information content (AvgIpc) is 3.01. The van der Waals surface area contributed by atoms with E-state index >= 15 is 0 Å². The number of rotatable bonds is 5. The number of carboxylic acids is 1. The van der Waals surface area contributed by atoms with Gasteiger partial charge in [0.25, 0.3) is 0 Å². The zero-order chi connectivity index (χ0) is 15.2. The van der Waals surface area contributed by atoms with Gasteiger partial charge in [0, 0.05) is 13.0 Å². The average molecular weight is 288 g/mol. The molecule has 6 nitrogen and oxygen atoms in total. The number of carbonyl (C=O) groups excluding carboxylic acids is 1. The van der Waals surface area contributed by atoms with E-state index in [0.29, 0.717) is 25.2 Å². The van der Waals surface area contributed by atoms with Gasteiger partial charge in [-0.2, -0.15) is 5.26 Å². The Morgan fingerprint density at radius 1 is 1.43 bits per heavy atom. The van der Waals surface area contributed by atoms with E-state index < -0.39 is 12.0 Å². The first-order valence-electron chi connectivity index (χ1n) is 6.70. The maximum atomic E-state index is 12.0. The highest BCUT2D eigenvalue weighted by Crippen LogP contribution is 2.13. The first-order valence-corrected chi connectivity index (χ1v) is 6.70. The molecular weight excluding hydrogens is 272 g/mol. The summed E-state index contributed by atoms with van der Waals surface area (Å²) in [7, 11) is 0. The summed E-state index contributed by atoms with van der Waals surface area (Å²) in [6.45, 7) is 0.875. The van der Waals surface area contributed by atoms with Crippen LogP contribution in [0.1, 0.15) is 17.5 Å². The molecule has 0 unspecified atom stereocenters. The van der Waals surface area contributed by atoms with Gasteiger partial charge in [-0.25, -0.2) is 4.79 Å². The van der Waals surface area contributed by atoms with Crippen molar-refractivity contribution in [3.05, 3.63) is 35.4 Å². The molecule has 1 fully saturated rings. The summed E-state index contributed by atoms with van der Waals surface area (Å²) in [6, 6.07) is 7.66. The predicted molar refractivity (Wildman–Crippen MR) is 73.4 cm³/mol. The van der Waals surface area contributed by atoms with Crippen LogP contribution in [0.4, 0.5) is 0 Å². The van der Waals surface area contributed by atoms with Crippen LogP contribution in [0, 0.1) is 17.2 Å². The van der Waals surface area contributed by atoms with Gasteiger partial charge < -0.3 is 15.2 Å². The summed E-state index contributed by atoms with van der Waals surface area (Å²) in [5, 5.41) is 20.5. The van der Waals surface area contributed by atoms with Gasteiger partial charge in [0.2, 0.25) is 5.91 Å². The van der Waals surface area contributed by atoms with Gasteiger partial charge in [0.1, 0.15) is 6.04 Å². The number of hydrogen-bond donors (Lipinski definition) is 2. The molecule has 1 saturated heterocycles. The first-order chi connectivity index (χ1) is 10.1. The monoisotopic (exact) mass is 288 g/mol. The van der Waals surface area contributed by atoms with Crippen molar-refractivity contribution >= 4 is 11.9 Å². The second-order valence-electron chi connectivity index (χ2n) is 4.97. The van der Waals surface area contributed by atoms with E-state index in [1.807, 2.05) is 6.07 Å². The standard InChI is InChI=1S/C15H16N2O4/c16-8-11-3-1-10(2-4-11)7-13(15(19)20)17-14(18)12-5-6-21-9-12/h1-4,12-13H,5-7,9H2,(H,17,18)(H,19,20)/t12-,13+/m1/s1. The van der Waals surface area contributed by atoms with Gasteiger partial charge in [-0.1, -0.05) is 12.1 Å². The van der Waals surface area contributed by atoms with Crippen LogP contribution in [0.3, 0.4) is 0 Å². The van der Waals surface area contributed by atoms with Crippen molar-refractivity contribution in [2.75, 3.05) is 13.2 Å². The van der Waals surface area contributed by atoms with Gasteiger partial charge in [-0.15, -0.1) is 0 Å². The normalized spacial score (nSPS) is 18.7. The Morgan fingerprint density at radius 2 is 2.14 bits per heavy atom. The third-order valence-corrected chi connectivity index (χ3v) is 3.44. The second kappa shape index (κ2) is 6.86. The molecule has 6 heteroatoms. The predicted octanol–water partition coefficient (Wildman–Crippen LogP) is 0.707. The Morgan fingerprint density at radius 3 is 2.67 bits per heavy atom. The number of nitrogens with one attached hydrogen (secondary N) is 1. The quantitative estimate of drug-likeness (QED) is 0.831. The highest BCUT2D eigenvalue weighted by Gasteiger charge is 2.28. The van der Waals surface area contributed by atoms with Crippen LogP contribution < -0.4 is 5.32 Å². The molecule has 21 heavy (non-hydrogen) atoms. The fourth-order valence-corrected chi connectivity index (χ4v) is 2.18. The third-order valence-electron chi connectivity index (χ3n) is 3.44. The molecule has 1 amide bonds. The SMILES string of the molecule is N#Cc1ccc(C[C@H](NC(=O)[C@@H]2CCOC2)C(=O)O)cc1. The molecule has 2 rings (SSSR count). The van der Waals surface area contributed by atoms with Crippen molar-refractivity contribution in [2.24, 2.45) is 5.92 Å². The van der Waals surface area contributed by atoms with Crippen molar-refractivity contribution in [3.8, 4) is 6.07 Å². The van der Waals surface area contributed by atoms with E-state index in [0.717, 1.165) is 5.56 Å². The Bertz CT molecular complexity index is 556. The number of nitrogens with zero attached hydrogens (tertiary/aromatic N) is 1. The summed E-state index contributed by atoms with van der Waals surface area (Å²) in [5.41, 5.74) is 1.27. The van der Waals surface area contributed by atoms with Crippen molar-refractivity contribution in [1.29, 1.82) is 5.26 Å². The van der Waals surface area contributed by atoms with Crippen molar-refractivity contribution in [2.45, 2.75) is 18.9 Å². The van der Waals surface area contributed by atoms with Crippen LogP contribution in [-0.4, -0.2) is 36.2 Å². The number of hydrogen-bond acceptors (Lipinski definition) is 4. The second-order valence-corrected chi connectivity index (χ2v) is 4.97. The van der Waals surface area contributed by atoms with Crippen LogP contribution in [0.5, 0.6) is 0 Å². The van der Waals surface area contributed by atoms with E-state index in [9.17, 15) is 14.7 Å². The van der Waals surface area contributed by atoms with E-state index in [4.69, 9.17) is 10.00 Å². The van der Waals surface area contributed by atoms with Gasteiger partial charge in [-0.3, -0.25) is 4.79 Å². The number of aliphatic carboxylic acids is 1. The smallest absolute Gasteiger partial charge is 0.326 e. The molecule has 1 heterocycles. The summed E-state index contributed by atoms with van der Waals surface area (Å²) < 4.78 is 5.13. The summed E-state index contributed by atoms with van der Waals surface area (Å²) in [4.78, 5) is 23.2. The lowest BCUT2D eigenvalue weighted by Gasteiger charge is -2.17.